The average Bonchev–Trinajstić information content (AvgIpc) is 2.46. The lowest BCUT2D eigenvalue weighted by molar-refractivity contribution is -0.153. The number of carbonyl (C=O) groups is 2. The van der Waals surface area contributed by atoms with Gasteiger partial charge in [0.2, 0.25) is 0 Å². The predicted molar refractivity (Wildman–Crippen MR) is 74.0 cm³/mol. The number of carbonyl (C=O) groups excluding carboxylic acids is 2. The van der Waals surface area contributed by atoms with Crippen LogP contribution in [0.3, 0.4) is 0 Å². The molecule has 0 aliphatic rings. The minimum Gasteiger partial charge on any atom is -0.469 e. The highest BCUT2D eigenvalue weighted by molar-refractivity contribution is 7.55. The fraction of sp³-hybridized carbons (Fsp3) is 0.833. The Labute approximate surface area is 124 Å². The van der Waals surface area contributed by atoms with E-state index in [1.165, 1.54) is 7.11 Å². The molecule has 2 atom stereocenters. The third kappa shape index (κ3) is 5.39. The number of hydrogen-bond acceptors (Lipinski definition) is 8. The van der Waals surface area contributed by atoms with Crippen molar-refractivity contribution in [3.05, 3.63) is 0 Å². The first-order valence-corrected chi connectivity index (χ1v) is 8.06. The van der Waals surface area contributed by atoms with Crippen molar-refractivity contribution in [3.8, 4) is 0 Å². The van der Waals surface area contributed by atoms with Gasteiger partial charge < -0.3 is 23.3 Å². The summed E-state index contributed by atoms with van der Waals surface area (Å²) in [4.78, 5) is 23.9. The van der Waals surface area contributed by atoms with E-state index < -0.39 is 31.1 Å². The summed E-state index contributed by atoms with van der Waals surface area (Å²) in [6.07, 6.45) is 0. The molecular weight excluding hydrogens is 303 g/mol. The zero-order valence-corrected chi connectivity index (χ0v) is 13.9. The molecule has 0 heterocycles. The van der Waals surface area contributed by atoms with E-state index in [1.54, 1.807) is 13.8 Å². The highest BCUT2D eigenvalue weighted by atomic mass is 31.2. The van der Waals surface area contributed by atoms with Crippen LogP contribution in [0.15, 0.2) is 0 Å². The van der Waals surface area contributed by atoms with E-state index in [9.17, 15) is 14.2 Å². The third-order valence-corrected chi connectivity index (χ3v) is 5.12. The number of hydrogen-bond donors (Lipinski definition) is 0. The van der Waals surface area contributed by atoms with Crippen LogP contribution in [0.2, 0.25) is 0 Å². The zero-order valence-electron chi connectivity index (χ0n) is 13.0. The largest absolute Gasteiger partial charge is 0.469 e. The standard InChI is InChI=1S/C12H23O8P/c1-6-19-21(15,20-7-2)10(12(14)18-5)9(8-16-3)11(13)17-4/h9-10H,6-8H2,1-5H3. The summed E-state index contributed by atoms with van der Waals surface area (Å²) < 4.78 is 37.3. The molecule has 9 heteroatoms. The van der Waals surface area contributed by atoms with Crippen molar-refractivity contribution in [1.82, 2.24) is 0 Å². The number of methoxy groups -OCH3 is 3. The Morgan fingerprint density at radius 3 is 1.76 bits per heavy atom. The molecule has 21 heavy (non-hydrogen) atoms. The highest BCUT2D eigenvalue weighted by Crippen LogP contribution is 2.56. The van der Waals surface area contributed by atoms with E-state index in [0.29, 0.717) is 0 Å². The smallest absolute Gasteiger partial charge is 0.345 e. The Morgan fingerprint density at radius 2 is 1.43 bits per heavy atom. The molecular formula is C12H23O8P. The van der Waals surface area contributed by atoms with Crippen molar-refractivity contribution in [1.29, 1.82) is 0 Å². The van der Waals surface area contributed by atoms with E-state index in [1.807, 2.05) is 0 Å². The van der Waals surface area contributed by atoms with Gasteiger partial charge in [0.1, 0.15) is 5.92 Å². The van der Waals surface area contributed by atoms with Gasteiger partial charge in [-0.2, -0.15) is 0 Å². The van der Waals surface area contributed by atoms with Crippen LogP contribution in [0.4, 0.5) is 0 Å². The predicted octanol–water partition coefficient (Wildman–Crippen LogP) is 1.23. The van der Waals surface area contributed by atoms with E-state index in [0.717, 1.165) is 14.2 Å². The molecule has 0 radical (unpaired) electrons. The fourth-order valence-corrected chi connectivity index (χ4v) is 3.94. The number of rotatable bonds is 10. The van der Waals surface area contributed by atoms with Gasteiger partial charge in [0.25, 0.3) is 0 Å². The number of ether oxygens (including phenoxy) is 3. The van der Waals surface area contributed by atoms with Gasteiger partial charge in [-0.15, -0.1) is 0 Å². The minimum absolute atomic E-state index is 0.0473. The normalized spacial score (nSPS) is 14.3. The second-order valence-corrected chi connectivity index (χ2v) is 6.08. The summed E-state index contributed by atoms with van der Waals surface area (Å²) in [7, 11) is -0.285. The van der Waals surface area contributed by atoms with E-state index in [2.05, 4.69) is 9.47 Å². The van der Waals surface area contributed by atoms with Gasteiger partial charge in [-0.05, 0) is 13.8 Å². The van der Waals surface area contributed by atoms with Crippen LogP contribution in [0.25, 0.3) is 0 Å². The Morgan fingerprint density at radius 1 is 0.952 bits per heavy atom. The van der Waals surface area contributed by atoms with Crippen LogP contribution < -0.4 is 0 Å². The topological polar surface area (TPSA) is 97.4 Å². The maximum absolute atomic E-state index is 12.8. The lowest BCUT2D eigenvalue weighted by Crippen LogP contribution is -2.40. The third-order valence-electron chi connectivity index (χ3n) is 2.63. The van der Waals surface area contributed by atoms with Crippen molar-refractivity contribution in [3.63, 3.8) is 0 Å². The van der Waals surface area contributed by atoms with Gasteiger partial charge in [-0.3, -0.25) is 14.2 Å². The summed E-state index contributed by atoms with van der Waals surface area (Å²) in [5.41, 5.74) is -1.45. The first-order valence-electron chi connectivity index (χ1n) is 6.45. The van der Waals surface area contributed by atoms with Crippen LogP contribution in [0, 0.1) is 5.92 Å². The molecule has 0 rings (SSSR count). The molecule has 0 aliphatic heterocycles. The molecule has 8 nitrogen and oxygen atoms in total. The summed E-state index contributed by atoms with van der Waals surface area (Å²) in [6, 6.07) is 0. The Kier molecular flexibility index (Phi) is 9.44. The molecule has 0 aromatic heterocycles. The van der Waals surface area contributed by atoms with Crippen LogP contribution >= 0.6 is 7.60 Å². The van der Waals surface area contributed by atoms with Gasteiger partial charge in [0.15, 0.2) is 5.66 Å². The van der Waals surface area contributed by atoms with Crippen molar-refractivity contribution in [2.45, 2.75) is 19.5 Å². The first-order chi connectivity index (χ1) is 9.91. The maximum atomic E-state index is 12.8. The second-order valence-electron chi connectivity index (χ2n) is 3.93. The van der Waals surface area contributed by atoms with Crippen LogP contribution in [-0.4, -0.2) is 58.7 Å². The summed E-state index contributed by atoms with van der Waals surface area (Å²) in [5, 5.41) is 0. The number of esters is 2. The van der Waals surface area contributed by atoms with Gasteiger partial charge in [0, 0.05) is 7.11 Å². The zero-order chi connectivity index (χ0) is 16.5. The maximum Gasteiger partial charge on any atom is 0.345 e. The average molecular weight is 326 g/mol. The summed E-state index contributed by atoms with van der Waals surface area (Å²) in [5.74, 6) is -2.80. The van der Waals surface area contributed by atoms with E-state index in [-0.39, 0.29) is 19.8 Å². The van der Waals surface area contributed by atoms with Crippen molar-refractivity contribution < 1.29 is 37.4 Å². The fourth-order valence-electron chi connectivity index (χ4n) is 1.81. The quantitative estimate of drug-likeness (QED) is 0.437. The van der Waals surface area contributed by atoms with E-state index in [4.69, 9.17) is 13.8 Å². The molecule has 0 amide bonds. The van der Waals surface area contributed by atoms with Crippen LogP contribution in [0.5, 0.6) is 0 Å². The van der Waals surface area contributed by atoms with Crippen LogP contribution in [-0.2, 0) is 37.4 Å². The molecule has 2 unspecified atom stereocenters. The van der Waals surface area contributed by atoms with Crippen molar-refractivity contribution >= 4 is 19.5 Å². The van der Waals surface area contributed by atoms with Gasteiger partial charge in [-0.25, -0.2) is 0 Å². The minimum atomic E-state index is -3.91. The van der Waals surface area contributed by atoms with Gasteiger partial charge in [-0.1, -0.05) is 0 Å². The van der Waals surface area contributed by atoms with Crippen molar-refractivity contribution in [2.24, 2.45) is 5.92 Å². The summed E-state index contributed by atoms with van der Waals surface area (Å²) >= 11 is 0. The lowest BCUT2D eigenvalue weighted by Gasteiger charge is -2.28. The molecule has 0 aliphatic carbocycles. The van der Waals surface area contributed by atoms with Gasteiger partial charge in [0.05, 0.1) is 34.0 Å². The molecule has 0 spiro atoms. The van der Waals surface area contributed by atoms with E-state index >= 15 is 0 Å². The van der Waals surface area contributed by atoms with Crippen molar-refractivity contribution in [2.75, 3.05) is 41.2 Å². The second kappa shape index (κ2) is 9.89. The molecule has 0 N–H and O–H groups in total. The molecule has 0 saturated carbocycles. The molecule has 0 bridgehead atoms. The Balaban J connectivity index is 5.74. The highest BCUT2D eigenvalue weighted by Gasteiger charge is 2.50. The Hall–Kier alpha value is -0.950. The molecule has 0 saturated heterocycles. The van der Waals surface area contributed by atoms with Crippen LogP contribution in [0.1, 0.15) is 13.8 Å². The van der Waals surface area contributed by atoms with Gasteiger partial charge >= 0.3 is 19.5 Å². The summed E-state index contributed by atoms with van der Waals surface area (Å²) in [6.45, 7) is 3.11. The lowest BCUT2D eigenvalue weighted by atomic mass is 10.1. The molecule has 124 valence electrons. The molecule has 0 aromatic carbocycles. The first kappa shape index (κ1) is 20.1. The Bertz CT molecular complexity index is 373. The molecule has 0 aromatic rings. The SMILES string of the molecule is CCOP(=O)(OCC)C(C(=O)OC)C(COC)C(=O)OC. The monoisotopic (exact) mass is 326 g/mol. The molecule has 0 fully saturated rings.